The fourth-order valence-electron chi connectivity index (χ4n) is 2.25. The standard InChI is InChI=1S/C14H22N2O/c1-11(2)16-13-9-6-10-15-14(13)17-12-7-4-3-5-8-12/h6,9-12,16H,3-5,7-8H2,1-2H3. The summed E-state index contributed by atoms with van der Waals surface area (Å²) in [6.07, 6.45) is 8.39. The lowest BCUT2D eigenvalue weighted by Gasteiger charge is -2.24. The molecule has 0 atom stereocenters. The van der Waals surface area contributed by atoms with Crippen LogP contribution in [0, 0.1) is 0 Å². The SMILES string of the molecule is CC(C)Nc1cccnc1OC1CCCCC1. The van der Waals surface area contributed by atoms with Crippen LogP contribution in [0.2, 0.25) is 0 Å². The minimum Gasteiger partial charge on any atom is -0.473 e. The van der Waals surface area contributed by atoms with Crippen LogP contribution in [0.25, 0.3) is 0 Å². The van der Waals surface area contributed by atoms with Crippen LogP contribution in [0.3, 0.4) is 0 Å². The lowest BCUT2D eigenvalue weighted by Crippen LogP contribution is -2.21. The van der Waals surface area contributed by atoms with Gasteiger partial charge in [-0.05, 0) is 51.7 Å². The second kappa shape index (κ2) is 5.89. The average molecular weight is 234 g/mol. The van der Waals surface area contributed by atoms with E-state index in [9.17, 15) is 0 Å². The van der Waals surface area contributed by atoms with Crippen LogP contribution in [0.1, 0.15) is 46.0 Å². The first-order chi connectivity index (χ1) is 8.25. The van der Waals surface area contributed by atoms with Crippen LogP contribution in [-0.4, -0.2) is 17.1 Å². The van der Waals surface area contributed by atoms with Crippen molar-refractivity contribution in [3.8, 4) is 5.88 Å². The van der Waals surface area contributed by atoms with Crippen molar-refractivity contribution in [2.45, 2.75) is 58.1 Å². The van der Waals surface area contributed by atoms with Crippen molar-refractivity contribution in [3.63, 3.8) is 0 Å². The van der Waals surface area contributed by atoms with E-state index in [2.05, 4.69) is 24.1 Å². The topological polar surface area (TPSA) is 34.2 Å². The van der Waals surface area contributed by atoms with E-state index in [-0.39, 0.29) is 0 Å². The van der Waals surface area contributed by atoms with Crippen molar-refractivity contribution in [2.75, 3.05) is 5.32 Å². The van der Waals surface area contributed by atoms with Crippen molar-refractivity contribution in [3.05, 3.63) is 18.3 Å². The molecule has 3 nitrogen and oxygen atoms in total. The molecule has 0 spiro atoms. The zero-order valence-electron chi connectivity index (χ0n) is 10.8. The molecular weight excluding hydrogens is 212 g/mol. The van der Waals surface area contributed by atoms with Gasteiger partial charge in [0.1, 0.15) is 6.10 Å². The number of nitrogens with one attached hydrogen (secondary N) is 1. The van der Waals surface area contributed by atoms with E-state index in [4.69, 9.17) is 4.74 Å². The predicted molar refractivity (Wildman–Crippen MR) is 70.5 cm³/mol. The lowest BCUT2D eigenvalue weighted by atomic mass is 9.98. The van der Waals surface area contributed by atoms with Crippen LogP contribution >= 0.6 is 0 Å². The van der Waals surface area contributed by atoms with Gasteiger partial charge in [-0.1, -0.05) is 6.42 Å². The second-order valence-corrected chi connectivity index (χ2v) is 5.03. The number of pyridine rings is 1. The fraction of sp³-hybridized carbons (Fsp3) is 0.643. The molecule has 3 heteroatoms. The van der Waals surface area contributed by atoms with Crippen LogP contribution in [-0.2, 0) is 0 Å². The monoisotopic (exact) mass is 234 g/mol. The Morgan fingerprint density at radius 3 is 2.76 bits per heavy atom. The van der Waals surface area contributed by atoms with E-state index in [1.165, 1.54) is 19.3 Å². The van der Waals surface area contributed by atoms with Gasteiger partial charge in [-0.15, -0.1) is 0 Å². The van der Waals surface area contributed by atoms with Crippen LogP contribution in [0.5, 0.6) is 5.88 Å². The molecule has 0 radical (unpaired) electrons. The Balaban J connectivity index is 2.03. The maximum absolute atomic E-state index is 6.01. The molecule has 0 aromatic carbocycles. The van der Waals surface area contributed by atoms with Crippen molar-refractivity contribution in [1.82, 2.24) is 4.98 Å². The highest BCUT2D eigenvalue weighted by atomic mass is 16.5. The highest BCUT2D eigenvalue weighted by molar-refractivity contribution is 5.52. The highest BCUT2D eigenvalue weighted by Gasteiger charge is 2.17. The number of nitrogens with zero attached hydrogens (tertiary/aromatic N) is 1. The molecule has 0 bridgehead atoms. The fourth-order valence-corrected chi connectivity index (χ4v) is 2.25. The number of aromatic nitrogens is 1. The molecule has 1 saturated carbocycles. The quantitative estimate of drug-likeness (QED) is 0.864. The van der Waals surface area contributed by atoms with Gasteiger partial charge in [0.15, 0.2) is 0 Å². The maximum atomic E-state index is 6.01. The Hall–Kier alpha value is -1.25. The second-order valence-electron chi connectivity index (χ2n) is 5.03. The summed E-state index contributed by atoms with van der Waals surface area (Å²) in [5.74, 6) is 0.758. The number of hydrogen-bond acceptors (Lipinski definition) is 3. The predicted octanol–water partition coefficient (Wildman–Crippen LogP) is 3.61. The normalized spacial score (nSPS) is 17.1. The molecule has 1 aromatic heterocycles. The summed E-state index contributed by atoms with van der Waals surface area (Å²) in [6.45, 7) is 4.24. The number of rotatable bonds is 4. The van der Waals surface area contributed by atoms with Crippen molar-refractivity contribution in [1.29, 1.82) is 0 Å². The van der Waals surface area contributed by atoms with Gasteiger partial charge >= 0.3 is 0 Å². The molecule has 1 N–H and O–H groups in total. The smallest absolute Gasteiger partial charge is 0.237 e. The Kier molecular flexibility index (Phi) is 4.24. The number of anilines is 1. The molecular formula is C14H22N2O. The Labute approximate surface area is 104 Å². The first kappa shape index (κ1) is 12.2. The van der Waals surface area contributed by atoms with E-state index in [0.29, 0.717) is 12.1 Å². The molecule has 1 aromatic rings. The van der Waals surface area contributed by atoms with E-state index in [1.807, 2.05) is 12.1 Å². The Morgan fingerprint density at radius 1 is 1.29 bits per heavy atom. The minimum atomic E-state index is 0.353. The number of hydrogen-bond donors (Lipinski definition) is 1. The van der Waals surface area contributed by atoms with Crippen molar-refractivity contribution in [2.24, 2.45) is 0 Å². The molecule has 17 heavy (non-hydrogen) atoms. The van der Waals surface area contributed by atoms with Gasteiger partial charge in [0.05, 0.1) is 5.69 Å². The summed E-state index contributed by atoms with van der Waals surface area (Å²) < 4.78 is 6.01. The minimum absolute atomic E-state index is 0.353. The van der Waals surface area contributed by atoms with Gasteiger partial charge in [-0.25, -0.2) is 4.98 Å². The molecule has 94 valence electrons. The van der Waals surface area contributed by atoms with Crippen molar-refractivity contribution >= 4 is 5.69 Å². The average Bonchev–Trinajstić information content (AvgIpc) is 2.32. The summed E-state index contributed by atoms with van der Waals surface area (Å²) in [6, 6.07) is 4.37. The molecule has 1 aliphatic carbocycles. The summed E-state index contributed by atoms with van der Waals surface area (Å²) in [5, 5.41) is 3.38. The molecule has 0 amide bonds. The van der Waals surface area contributed by atoms with E-state index in [1.54, 1.807) is 6.20 Å². The molecule has 2 rings (SSSR count). The third-order valence-corrected chi connectivity index (χ3v) is 3.05. The van der Waals surface area contributed by atoms with Gasteiger partial charge in [-0.3, -0.25) is 0 Å². The molecule has 0 saturated heterocycles. The third kappa shape index (κ3) is 3.62. The zero-order valence-corrected chi connectivity index (χ0v) is 10.8. The van der Waals surface area contributed by atoms with Crippen LogP contribution in [0.15, 0.2) is 18.3 Å². The third-order valence-electron chi connectivity index (χ3n) is 3.05. The zero-order chi connectivity index (χ0) is 12.1. The van der Waals surface area contributed by atoms with Gasteiger partial charge < -0.3 is 10.1 Å². The highest BCUT2D eigenvalue weighted by Crippen LogP contribution is 2.27. The van der Waals surface area contributed by atoms with Gasteiger partial charge in [0.25, 0.3) is 0 Å². The summed E-state index contributed by atoms with van der Waals surface area (Å²) >= 11 is 0. The number of ether oxygens (including phenoxy) is 1. The summed E-state index contributed by atoms with van der Waals surface area (Å²) in [5.41, 5.74) is 1.01. The van der Waals surface area contributed by atoms with Gasteiger partial charge in [0.2, 0.25) is 5.88 Å². The van der Waals surface area contributed by atoms with Crippen LogP contribution < -0.4 is 10.1 Å². The van der Waals surface area contributed by atoms with Crippen molar-refractivity contribution < 1.29 is 4.74 Å². The first-order valence-corrected chi connectivity index (χ1v) is 6.64. The molecule has 0 aliphatic heterocycles. The van der Waals surface area contributed by atoms with Gasteiger partial charge in [0, 0.05) is 12.2 Å². The summed E-state index contributed by atoms with van der Waals surface area (Å²) in [7, 11) is 0. The lowest BCUT2D eigenvalue weighted by molar-refractivity contribution is 0.149. The van der Waals surface area contributed by atoms with Crippen LogP contribution in [0.4, 0.5) is 5.69 Å². The summed E-state index contributed by atoms with van der Waals surface area (Å²) in [4.78, 5) is 4.34. The molecule has 1 aliphatic rings. The van der Waals surface area contributed by atoms with Gasteiger partial charge in [-0.2, -0.15) is 0 Å². The van der Waals surface area contributed by atoms with E-state index < -0.39 is 0 Å². The molecule has 0 unspecified atom stereocenters. The first-order valence-electron chi connectivity index (χ1n) is 6.64. The maximum Gasteiger partial charge on any atom is 0.237 e. The van der Waals surface area contributed by atoms with E-state index in [0.717, 1.165) is 24.4 Å². The molecule has 1 heterocycles. The Morgan fingerprint density at radius 2 is 2.06 bits per heavy atom. The molecule has 1 fully saturated rings. The largest absolute Gasteiger partial charge is 0.473 e. The Bertz CT molecular complexity index is 346. The van der Waals surface area contributed by atoms with E-state index >= 15 is 0 Å².